The Kier molecular flexibility index (Phi) is 3.86. The molecular formula is C14H14ClF3N4. The number of likely N-dealkylation sites (N-methyl/N-ethyl adjacent to an activating group) is 1. The Morgan fingerprint density at radius 1 is 1.32 bits per heavy atom. The highest BCUT2D eigenvalue weighted by Crippen LogP contribution is 2.34. The summed E-state index contributed by atoms with van der Waals surface area (Å²) in [7, 11) is 1.88. The molecule has 1 saturated heterocycles. The molecule has 4 nitrogen and oxygen atoms in total. The lowest BCUT2D eigenvalue weighted by Gasteiger charge is -2.19. The van der Waals surface area contributed by atoms with Gasteiger partial charge in [-0.3, -0.25) is 0 Å². The van der Waals surface area contributed by atoms with E-state index in [0.717, 1.165) is 31.6 Å². The van der Waals surface area contributed by atoms with Gasteiger partial charge in [0.2, 0.25) is 5.28 Å². The van der Waals surface area contributed by atoms with Crippen LogP contribution >= 0.6 is 11.6 Å². The van der Waals surface area contributed by atoms with Gasteiger partial charge in [0, 0.05) is 24.5 Å². The molecular weight excluding hydrogens is 317 g/mol. The second-order valence-electron chi connectivity index (χ2n) is 5.27. The molecule has 1 aromatic carbocycles. The summed E-state index contributed by atoms with van der Waals surface area (Å²) in [6.45, 7) is 1.51. The highest BCUT2D eigenvalue weighted by Gasteiger charge is 2.31. The van der Waals surface area contributed by atoms with Crippen molar-refractivity contribution >= 4 is 28.3 Å². The Balaban J connectivity index is 2.07. The molecule has 2 heterocycles. The highest BCUT2D eigenvalue weighted by molar-refractivity contribution is 6.28. The third kappa shape index (κ3) is 2.83. The van der Waals surface area contributed by atoms with Crippen LogP contribution in [0.5, 0.6) is 0 Å². The smallest absolute Gasteiger partial charge is 0.354 e. The summed E-state index contributed by atoms with van der Waals surface area (Å²) in [6.07, 6.45) is -3.46. The van der Waals surface area contributed by atoms with Crippen LogP contribution in [0.15, 0.2) is 18.2 Å². The van der Waals surface area contributed by atoms with Gasteiger partial charge in [-0.2, -0.15) is 18.2 Å². The fourth-order valence-electron chi connectivity index (χ4n) is 2.69. The van der Waals surface area contributed by atoms with Gasteiger partial charge in [0.15, 0.2) is 0 Å². The zero-order valence-corrected chi connectivity index (χ0v) is 12.5. The summed E-state index contributed by atoms with van der Waals surface area (Å²) in [5.74, 6) is 0.585. The van der Waals surface area contributed by atoms with E-state index in [-0.39, 0.29) is 10.8 Å². The number of alkyl halides is 3. The molecule has 2 aromatic rings. The Hall–Kier alpha value is -1.60. The van der Waals surface area contributed by atoms with Crippen LogP contribution in [0.4, 0.5) is 19.0 Å². The third-order valence-electron chi connectivity index (χ3n) is 3.87. The van der Waals surface area contributed by atoms with Crippen molar-refractivity contribution in [2.45, 2.75) is 18.6 Å². The standard InChI is InChI=1S/C14H14ClF3N4/c1-19-9-4-5-22(7-9)12-10-3-2-8(14(16,17)18)6-11(10)20-13(15)21-12/h2-3,6,9,19H,4-5,7H2,1H3/t9-/m0/s1. The summed E-state index contributed by atoms with van der Waals surface area (Å²) in [5, 5.41) is 3.72. The van der Waals surface area contributed by atoms with Crippen molar-refractivity contribution < 1.29 is 13.2 Å². The van der Waals surface area contributed by atoms with E-state index in [4.69, 9.17) is 11.6 Å². The normalized spacial score (nSPS) is 19.1. The predicted molar refractivity (Wildman–Crippen MR) is 79.2 cm³/mol. The fraction of sp³-hybridized carbons (Fsp3) is 0.429. The first-order valence-electron chi connectivity index (χ1n) is 6.85. The van der Waals surface area contributed by atoms with Crippen molar-refractivity contribution in [1.82, 2.24) is 15.3 Å². The minimum atomic E-state index is -4.41. The predicted octanol–water partition coefficient (Wildman–Crippen LogP) is 3.10. The molecule has 1 N–H and O–H groups in total. The van der Waals surface area contributed by atoms with Crippen LogP contribution in [0.2, 0.25) is 5.28 Å². The number of nitrogens with zero attached hydrogens (tertiary/aromatic N) is 3. The van der Waals surface area contributed by atoms with Crippen molar-refractivity contribution in [2.75, 3.05) is 25.0 Å². The maximum absolute atomic E-state index is 12.8. The molecule has 0 spiro atoms. The Morgan fingerprint density at radius 3 is 2.73 bits per heavy atom. The molecule has 0 radical (unpaired) electrons. The first-order valence-corrected chi connectivity index (χ1v) is 7.23. The van der Waals surface area contributed by atoms with E-state index in [2.05, 4.69) is 15.3 Å². The number of rotatable bonds is 2. The first-order chi connectivity index (χ1) is 10.4. The summed E-state index contributed by atoms with van der Waals surface area (Å²) < 4.78 is 38.5. The molecule has 1 fully saturated rings. The van der Waals surface area contributed by atoms with Gasteiger partial charge in [0.05, 0.1) is 11.1 Å². The van der Waals surface area contributed by atoms with Gasteiger partial charge in [-0.15, -0.1) is 0 Å². The number of nitrogens with one attached hydrogen (secondary N) is 1. The molecule has 0 unspecified atom stereocenters. The van der Waals surface area contributed by atoms with E-state index < -0.39 is 11.7 Å². The average molecular weight is 331 g/mol. The van der Waals surface area contributed by atoms with Gasteiger partial charge in [-0.1, -0.05) is 0 Å². The lowest BCUT2D eigenvalue weighted by Crippen LogP contribution is -2.30. The van der Waals surface area contributed by atoms with Crippen LogP contribution in [0.1, 0.15) is 12.0 Å². The van der Waals surface area contributed by atoms with Crippen molar-refractivity contribution in [2.24, 2.45) is 0 Å². The highest BCUT2D eigenvalue weighted by atomic mass is 35.5. The largest absolute Gasteiger partial charge is 0.416 e. The van der Waals surface area contributed by atoms with Gasteiger partial charge in [0.1, 0.15) is 5.82 Å². The fourth-order valence-corrected chi connectivity index (χ4v) is 2.86. The quantitative estimate of drug-likeness (QED) is 0.859. The average Bonchev–Trinajstić information content (AvgIpc) is 2.93. The first kappa shape index (κ1) is 15.3. The minimum Gasteiger partial charge on any atom is -0.354 e. The maximum Gasteiger partial charge on any atom is 0.416 e. The van der Waals surface area contributed by atoms with Crippen LogP contribution in [-0.4, -0.2) is 36.1 Å². The van der Waals surface area contributed by atoms with Gasteiger partial charge in [-0.05, 0) is 43.3 Å². The lowest BCUT2D eigenvalue weighted by atomic mass is 10.1. The molecule has 0 bridgehead atoms. The Morgan fingerprint density at radius 2 is 2.09 bits per heavy atom. The molecule has 0 amide bonds. The Labute approximate surface area is 130 Å². The lowest BCUT2D eigenvalue weighted by molar-refractivity contribution is -0.137. The third-order valence-corrected chi connectivity index (χ3v) is 4.04. The molecule has 22 heavy (non-hydrogen) atoms. The second-order valence-corrected chi connectivity index (χ2v) is 5.60. The number of benzene rings is 1. The summed E-state index contributed by atoms with van der Waals surface area (Å²) in [4.78, 5) is 10.2. The molecule has 8 heteroatoms. The van der Waals surface area contributed by atoms with Crippen LogP contribution in [0.25, 0.3) is 10.9 Å². The van der Waals surface area contributed by atoms with Crippen LogP contribution < -0.4 is 10.2 Å². The molecule has 3 rings (SSSR count). The molecule has 1 aliphatic heterocycles. The van der Waals surface area contributed by atoms with E-state index in [1.165, 1.54) is 6.07 Å². The van der Waals surface area contributed by atoms with E-state index in [1.807, 2.05) is 11.9 Å². The van der Waals surface area contributed by atoms with Gasteiger partial charge in [0.25, 0.3) is 0 Å². The molecule has 1 atom stereocenters. The SMILES string of the molecule is CN[C@H]1CCN(c2nc(Cl)nc3cc(C(F)(F)F)ccc23)C1. The van der Waals surface area contributed by atoms with E-state index in [1.54, 1.807) is 0 Å². The molecule has 0 saturated carbocycles. The molecule has 1 aliphatic rings. The molecule has 1 aromatic heterocycles. The van der Waals surface area contributed by atoms with Crippen molar-refractivity contribution in [1.29, 1.82) is 0 Å². The number of hydrogen-bond donors (Lipinski definition) is 1. The Bertz CT molecular complexity index is 704. The van der Waals surface area contributed by atoms with E-state index in [0.29, 0.717) is 17.2 Å². The number of aromatic nitrogens is 2. The van der Waals surface area contributed by atoms with Gasteiger partial charge < -0.3 is 10.2 Å². The van der Waals surface area contributed by atoms with Crippen molar-refractivity contribution in [3.8, 4) is 0 Å². The summed E-state index contributed by atoms with van der Waals surface area (Å²) in [5.41, 5.74) is -0.534. The topological polar surface area (TPSA) is 41.0 Å². The maximum atomic E-state index is 12.8. The molecule has 0 aliphatic carbocycles. The van der Waals surface area contributed by atoms with Crippen molar-refractivity contribution in [3.05, 3.63) is 29.0 Å². The van der Waals surface area contributed by atoms with Crippen molar-refractivity contribution in [3.63, 3.8) is 0 Å². The number of fused-ring (bicyclic) bond motifs is 1. The van der Waals surface area contributed by atoms with Gasteiger partial charge in [-0.25, -0.2) is 4.98 Å². The van der Waals surface area contributed by atoms with Gasteiger partial charge >= 0.3 is 6.18 Å². The summed E-state index contributed by atoms with van der Waals surface area (Å²) >= 11 is 5.89. The minimum absolute atomic E-state index is 0.0465. The number of hydrogen-bond acceptors (Lipinski definition) is 4. The van der Waals surface area contributed by atoms with Crippen LogP contribution in [-0.2, 0) is 6.18 Å². The zero-order chi connectivity index (χ0) is 15.9. The van der Waals surface area contributed by atoms with E-state index in [9.17, 15) is 13.2 Å². The molecule has 118 valence electrons. The zero-order valence-electron chi connectivity index (χ0n) is 11.8. The van der Waals surface area contributed by atoms with Crippen LogP contribution in [0.3, 0.4) is 0 Å². The summed E-state index contributed by atoms with van der Waals surface area (Å²) in [6, 6.07) is 3.81. The number of anilines is 1. The monoisotopic (exact) mass is 330 g/mol. The second kappa shape index (κ2) is 5.55. The number of halogens is 4. The van der Waals surface area contributed by atoms with Crippen LogP contribution in [0, 0.1) is 0 Å². The van der Waals surface area contributed by atoms with E-state index >= 15 is 0 Å².